The Bertz CT molecular complexity index is 652. The average molecular weight is 286 g/mol. The summed E-state index contributed by atoms with van der Waals surface area (Å²) in [4.78, 5) is 4.19. The number of halogens is 1. The second kappa shape index (κ2) is 5.07. The maximum absolute atomic E-state index is 12.1. The Morgan fingerprint density at radius 2 is 2.06 bits per heavy atom. The Balaban J connectivity index is 2.30. The van der Waals surface area contributed by atoms with Crippen LogP contribution in [-0.4, -0.2) is 23.6 Å². The predicted molar refractivity (Wildman–Crippen MR) is 68.1 cm³/mol. The van der Waals surface area contributed by atoms with Crippen LogP contribution in [0.25, 0.3) is 0 Å². The van der Waals surface area contributed by atoms with Gasteiger partial charge in [0.1, 0.15) is 17.4 Å². The van der Waals surface area contributed by atoms with Crippen LogP contribution in [0.1, 0.15) is 18.6 Å². The molecule has 0 atom stereocenters. The van der Waals surface area contributed by atoms with Gasteiger partial charge in [-0.1, -0.05) is 30.7 Å². The fraction of sp³-hybridized carbons (Fsp3) is 0.273. The zero-order chi connectivity index (χ0) is 13.2. The molecule has 1 heterocycles. The lowest BCUT2D eigenvalue weighted by molar-refractivity contribution is 0.594. The molecule has 2 aromatic rings. The summed E-state index contributed by atoms with van der Waals surface area (Å²) in [5, 5.41) is 6.74. The number of H-pyrrole nitrogens is 1. The largest absolute Gasteiger partial charge is 0.262 e. The lowest BCUT2D eigenvalue weighted by Gasteiger charge is -2.03. The van der Waals surface area contributed by atoms with Gasteiger partial charge in [-0.25, -0.2) is 13.4 Å². The molecule has 18 heavy (non-hydrogen) atoms. The molecule has 0 aliphatic heterocycles. The van der Waals surface area contributed by atoms with E-state index in [1.807, 2.05) is 6.92 Å². The van der Waals surface area contributed by atoms with Gasteiger partial charge < -0.3 is 0 Å². The van der Waals surface area contributed by atoms with Crippen molar-refractivity contribution in [3.8, 4) is 0 Å². The summed E-state index contributed by atoms with van der Waals surface area (Å²) < 4.78 is 24.3. The third-order valence-corrected chi connectivity index (χ3v) is 4.51. The minimum Gasteiger partial charge on any atom is -0.262 e. The molecule has 0 bridgehead atoms. The molecule has 0 unspecified atom stereocenters. The first-order valence-electron chi connectivity index (χ1n) is 5.40. The summed E-state index contributed by atoms with van der Waals surface area (Å²) >= 11 is 5.88. The number of aromatic nitrogens is 3. The van der Waals surface area contributed by atoms with Crippen molar-refractivity contribution >= 4 is 21.4 Å². The smallest absolute Gasteiger partial charge is 0.187 e. The van der Waals surface area contributed by atoms with Crippen LogP contribution in [0.4, 0.5) is 0 Å². The second-order valence-electron chi connectivity index (χ2n) is 3.74. The highest BCUT2D eigenvalue weighted by Gasteiger charge is 2.20. The first-order valence-corrected chi connectivity index (χ1v) is 7.43. The van der Waals surface area contributed by atoms with Crippen LogP contribution in [0.15, 0.2) is 29.2 Å². The SMILES string of the molecule is CCc1n[nH]c(CS(=O)(=O)c2ccccc2Cl)n1. The number of aromatic amines is 1. The van der Waals surface area contributed by atoms with Gasteiger partial charge in [-0.2, -0.15) is 5.10 Å². The number of nitrogens with one attached hydrogen (secondary N) is 1. The second-order valence-corrected chi connectivity index (χ2v) is 6.11. The monoisotopic (exact) mass is 285 g/mol. The number of hydrogen-bond donors (Lipinski definition) is 1. The van der Waals surface area contributed by atoms with Crippen molar-refractivity contribution < 1.29 is 8.42 Å². The molecule has 0 radical (unpaired) electrons. The number of rotatable bonds is 4. The fourth-order valence-electron chi connectivity index (χ4n) is 1.51. The number of hydrogen-bond acceptors (Lipinski definition) is 4. The van der Waals surface area contributed by atoms with Gasteiger partial charge in [-0.15, -0.1) is 0 Å². The van der Waals surface area contributed by atoms with E-state index in [9.17, 15) is 8.42 Å². The van der Waals surface area contributed by atoms with Crippen LogP contribution in [0.3, 0.4) is 0 Å². The van der Waals surface area contributed by atoms with Crippen LogP contribution in [-0.2, 0) is 22.0 Å². The van der Waals surface area contributed by atoms with Crippen molar-refractivity contribution in [2.45, 2.75) is 24.0 Å². The van der Waals surface area contributed by atoms with Crippen LogP contribution in [0, 0.1) is 0 Å². The van der Waals surface area contributed by atoms with Crippen molar-refractivity contribution in [3.63, 3.8) is 0 Å². The lowest BCUT2D eigenvalue weighted by Crippen LogP contribution is -2.07. The molecule has 0 saturated heterocycles. The van der Waals surface area contributed by atoms with E-state index in [1.54, 1.807) is 18.2 Å². The summed E-state index contributed by atoms with van der Waals surface area (Å²) in [6, 6.07) is 6.35. The molecule has 0 saturated carbocycles. The first kappa shape index (κ1) is 13.0. The van der Waals surface area contributed by atoms with Gasteiger partial charge in [-0.3, -0.25) is 5.10 Å². The summed E-state index contributed by atoms with van der Waals surface area (Å²) in [5.74, 6) is 0.690. The van der Waals surface area contributed by atoms with Gasteiger partial charge in [0, 0.05) is 6.42 Å². The molecule has 0 fully saturated rings. The van der Waals surface area contributed by atoms with Crippen LogP contribution < -0.4 is 0 Å². The van der Waals surface area contributed by atoms with Gasteiger partial charge in [0.05, 0.1) is 9.92 Å². The Hall–Kier alpha value is -1.40. The maximum Gasteiger partial charge on any atom is 0.187 e. The van der Waals surface area contributed by atoms with Crippen LogP contribution in [0.5, 0.6) is 0 Å². The Kier molecular flexibility index (Phi) is 3.68. The maximum atomic E-state index is 12.1. The van der Waals surface area contributed by atoms with Crippen molar-refractivity contribution in [1.82, 2.24) is 15.2 Å². The van der Waals surface area contributed by atoms with E-state index in [1.165, 1.54) is 6.07 Å². The quantitative estimate of drug-likeness (QED) is 0.932. The fourth-order valence-corrected chi connectivity index (χ4v) is 3.30. The topological polar surface area (TPSA) is 75.7 Å². The number of benzene rings is 1. The molecule has 0 amide bonds. The van der Waals surface area contributed by atoms with E-state index in [4.69, 9.17) is 11.6 Å². The van der Waals surface area contributed by atoms with Gasteiger partial charge >= 0.3 is 0 Å². The number of aryl methyl sites for hydroxylation is 1. The molecule has 0 aliphatic rings. The molecule has 0 aliphatic carbocycles. The minimum atomic E-state index is -3.50. The van der Waals surface area contributed by atoms with Gasteiger partial charge in [-0.05, 0) is 12.1 Å². The van der Waals surface area contributed by atoms with Crippen LogP contribution in [0.2, 0.25) is 5.02 Å². The van der Waals surface area contributed by atoms with E-state index >= 15 is 0 Å². The number of nitrogens with zero attached hydrogens (tertiary/aromatic N) is 2. The van der Waals surface area contributed by atoms with Crippen LogP contribution >= 0.6 is 11.6 Å². The lowest BCUT2D eigenvalue weighted by atomic mass is 10.4. The molecule has 1 aromatic carbocycles. The number of sulfone groups is 1. The average Bonchev–Trinajstić information content (AvgIpc) is 2.76. The Labute approximate surface area is 110 Å². The molecule has 7 heteroatoms. The van der Waals surface area contributed by atoms with Crippen molar-refractivity contribution in [1.29, 1.82) is 0 Å². The minimum absolute atomic E-state index is 0.112. The van der Waals surface area contributed by atoms with Gasteiger partial charge in [0.15, 0.2) is 9.84 Å². The van der Waals surface area contributed by atoms with E-state index in [0.717, 1.165) is 0 Å². The van der Waals surface area contributed by atoms with E-state index in [-0.39, 0.29) is 15.7 Å². The predicted octanol–water partition coefficient (Wildman–Crippen LogP) is 1.99. The molecule has 96 valence electrons. The summed E-state index contributed by atoms with van der Waals surface area (Å²) in [6.45, 7) is 1.90. The van der Waals surface area contributed by atoms with Crippen molar-refractivity contribution in [3.05, 3.63) is 40.9 Å². The molecule has 1 aromatic heterocycles. The third-order valence-electron chi connectivity index (χ3n) is 2.39. The van der Waals surface area contributed by atoms with Crippen molar-refractivity contribution in [2.24, 2.45) is 0 Å². The molecule has 5 nitrogen and oxygen atoms in total. The van der Waals surface area contributed by atoms with Gasteiger partial charge in [0.2, 0.25) is 0 Å². The summed E-state index contributed by atoms with van der Waals surface area (Å²) in [5.41, 5.74) is 0. The molecule has 2 rings (SSSR count). The molecule has 0 spiro atoms. The van der Waals surface area contributed by atoms with E-state index in [0.29, 0.717) is 18.1 Å². The molecular formula is C11H12ClN3O2S. The zero-order valence-electron chi connectivity index (χ0n) is 9.72. The van der Waals surface area contributed by atoms with Gasteiger partial charge in [0.25, 0.3) is 0 Å². The normalized spacial score (nSPS) is 11.7. The highest BCUT2D eigenvalue weighted by Crippen LogP contribution is 2.23. The van der Waals surface area contributed by atoms with E-state index in [2.05, 4.69) is 15.2 Å². The first-order chi connectivity index (χ1) is 8.53. The zero-order valence-corrected chi connectivity index (χ0v) is 11.3. The Morgan fingerprint density at radius 3 is 2.67 bits per heavy atom. The highest BCUT2D eigenvalue weighted by molar-refractivity contribution is 7.90. The summed E-state index contributed by atoms with van der Waals surface area (Å²) in [6.07, 6.45) is 0.655. The Morgan fingerprint density at radius 1 is 1.33 bits per heavy atom. The highest BCUT2D eigenvalue weighted by atomic mass is 35.5. The van der Waals surface area contributed by atoms with Crippen molar-refractivity contribution in [2.75, 3.05) is 0 Å². The standard InChI is InChI=1S/C11H12ClN3O2S/c1-2-10-13-11(15-14-10)7-18(16,17)9-6-4-3-5-8(9)12/h3-6H,2,7H2,1H3,(H,13,14,15). The van der Waals surface area contributed by atoms with E-state index < -0.39 is 9.84 Å². The third kappa shape index (κ3) is 2.70. The molecule has 1 N–H and O–H groups in total. The summed E-state index contributed by atoms with van der Waals surface area (Å²) in [7, 11) is -3.50. The molecular weight excluding hydrogens is 274 g/mol.